The molecule has 0 aromatic rings. The van der Waals surface area contributed by atoms with Crippen molar-refractivity contribution in [2.45, 2.75) is 20.3 Å². The van der Waals surface area contributed by atoms with Gasteiger partial charge in [0.2, 0.25) is 7.37 Å². The van der Waals surface area contributed by atoms with E-state index in [-0.39, 0.29) is 18.9 Å². The molecule has 0 aromatic heterocycles. The van der Waals surface area contributed by atoms with Gasteiger partial charge >= 0.3 is 5.97 Å². The maximum Gasteiger partial charge on any atom is 0.333 e. The highest BCUT2D eigenvalue weighted by Crippen LogP contribution is 2.39. The van der Waals surface area contributed by atoms with Gasteiger partial charge in [-0.25, -0.2) is 4.79 Å². The second-order valence-corrected chi connectivity index (χ2v) is 5.93. The van der Waals surface area contributed by atoms with Crippen LogP contribution in [0.5, 0.6) is 0 Å². The van der Waals surface area contributed by atoms with Gasteiger partial charge in [-0.1, -0.05) is 13.5 Å². The summed E-state index contributed by atoms with van der Waals surface area (Å²) < 4.78 is 15.9. The largest absolute Gasteiger partial charge is 0.462 e. The van der Waals surface area contributed by atoms with Crippen LogP contribution in [0.1, 0.15) is 20.3 Å². The van der Waals surface area contributed by atoms with Crippen LogP contribution in [0.4, 0.5) is 0 Å². The molecule has 5 heteroatoms. The lowest BCUT2D eigenvalue weighted by atomic mass is 10.4. The summed E-state index contributed by atoms with van der Waals surface area (Å²) in [6, 6.07) is 0. The number of hydrogen-bond donors (Lipinski definition) is 1. The van der Waals surface area contributed by atoms with Crippen LogP contribution >= 0.6 is 7.37 Å². The molecule has 0 aromatic carbocycles. The summed E-state index contributed by atoms with van der Waals surface area (Å²) in [5, 5.41) is 0. The van der Waals surface area contributed by atoms with Crippen LogP contribution in [0.25, 0.3) is 0 Å². The van der Waals surface area contributed by atoms with E-state index in [0.29, 0.717) is 12.0 Å². The van der Waals surface area contributed by atoms with E-state index in [1.807, 2.05) is 0 Å². The van der Waals surface area contributed by atoms with Gasteiger partial charge in [0.25, 0.3) is 0 Å². The number of ether oxygens (including phenoxy) is 1. The fraction of sp³-hybridized carbons (Fsp3) is 0.667. The number of carbonyl (C=O) groups is 1. The molecular formula is C9H17O4P. The summed E-state index contributed by atoms with van der Waals surface area (Å²) in [7, 11) is -2.97. The minimum atomic E-state index is -2.97. The van der Waals surface area contributed by atoms with Crippen molar-refractivity contribution in [2.75, 3.05) is 18.9 Å². The molecule has 82 valence electrons. The van der Waals surface area contributed by atoms with Gasteiger partial charge < -0.3 is 9.63 Å². The lowest BCUT2D eigenvalue weighted by Gasteiger charge is -2.08. The predicted molar refractivity (Wildman–Crippen MR) is 55.6 cm³/mol. The molecule has 0 bridgehead atoms. The van der Waals surface area contributed by atoms with Crippen LogP contribution in [-0.2, 0) is 14.1 Å². The van der Waals surface area contributed by atoms with E-state index in [9.17, 15) is 14.3 Å². The van der Waals surface area contributed by atoms with E-state index in [4.69, 9.17) is 4.74 Å². The minimum Gasteiger partial charge on any atom is -0.462 e. The predicted octanol–water partition coefficient (Wildman–Crippen LogP) is 1.79. The van der Waals surface area contributed by atoms with Crippen LogP contribution < -0.4 is 0 Å². The standard InChI is InChI=1S/C9H17O4P/c1-4-14(11,12)7-5-6-13-9(10)8(2)3/h2,4-7H2,1,3H3,(H,11,12). The molecule has 14 heavy (non-hydrogen) atoms. The summed E-state index contributed by atoms with van der Waals surface area (Å²) in [5.74, 6) is -0.450. The first-order chi connectivity index (χ1) is 6.39. The van der Waals surface area contributed by atoms with Crippen molar-refractivity contribution in [3.8, 4) is 0 Å². The number of rotatable bonds is 6. The molecule has 1 unspecified atom stereocenters. The number of esters is 1. The van der Waals surface area contributed by atoms with E-state index in [1.54, 1.807) is 13.8 Å². The highest BCUT2D eigenvalue weighted by atomic mass is 31.2. The molecule has 0 fully saturated rings. The third kappa shape index (κ3) is 5.95. The summed E-state index contributed by atoms with van der Waals surface area (Å²) in [5.41, 5.74) is 0.340. The zero-order chi connectivity index (χ0) is 11.2. The minimum absolute atomic E-state index is 0.177. The Kier molecular flexibility index (Phi) is 5.73. The Morgan fingerprint density at radius 3 is 2.57 bits per heavy atom. The van der Waals surface area contributed by atoms with Crippen molar-refractivity contribution in [1.29, 1.82) is 0 Å². The van der Waals surface area contributed by atoms with Crippen LogP contribution in [0, 0.1) is 0 Å². The Labute approximate surface area is 84.4 Å². The number of carbonyl (C=O) groups excluding carboxylic acids is 1. The van der Waals surface area contributed by atoms with Gasteiger partial charge in [0, 0.05) is 17.9 Å². The number of hydrogen-bond acceptors (Lipinski definition) is 3. The lowest BCUT2D eigenvalue weighted by molar-refractivity contribution is -0.138. The first kappa shape index (κ1) is 13.4. The van der Waals surface area contributed by atoms with Gasteiger partial charge in [-0.2, -0.15) is 0 Å². The third-order valence-electron chi connectivity index (χ3n) is 1.73. The average molecular weight is 220 g/mol. The molecule has 0 heterocycles. The Balaban J connectivity index is 3.62. The Bertz CT molecular complexity index is 260. The summed E-state index contributed by atoms with van der Waals surface area (Å²) in [6.45, 7) is 6.83. The maximum atomic E-state index is 11.2. The smallest absolute Gasteiger partial charge is 0.333 e. The molecule has 0 aliphatic carbocycles. The van der Waals surface area contributed by atoms with Crippen LogP contribution in [-0.4, -0.2) is 29.8 Å². The molecule has 0 spiro atoms. The van der Waals surface area contributed by atoms with Crippen molar-refractivity contribution in [2.24, 2.45) is 0 Å². The van der Waals surface area contributed by atoms with Crippen molar-refractivity contribution >= 4 is 13.3 Å². The van der Waals surface area contributed by atoms with Gasteiger partial charge in [0.1, 0.15) is 0 Å². The van der Waals surface area contributed by atoms with Gasteiger partial charge in [-0.3, -0.25) is 4.57 Å². The fourth-order valence-corrected chi connectivity index (χ4v) is 1.70. The van der Waals surface area contributed by atoms with Gasteiger partial charge in [0.15, 0.2) is 0 Å². The van der Waals surface area contributed by atoms with Crippen molar-refractivity contribution in [3.63, 3.8) is 0 Å². The molecule has 0 aliphatic rings. The molecule has 1 atom stereocenters. The monoisotopic (exact) mass is 220 g/mol. The molecule has 0 rings (SSSR count). The third-order valence-corrected chi connectivity index (χ3v) is 3.73. The first-order valence-electron chi connectivity index (χ1n) is 4.52. The first-order valence-corrected chi connectivity index (χ1v) is 6.55. The SMILES string of the molecule is C=C(C)C(=O)OCCCP(=O)(O)CC. The van der Waals surface area contributed by atoms with E-state index in [2.05, 4.69) is 6.58 Å². The van der Waals surface area contributed by atoms with Crippen molar-refractivity contribution < 1.29 is 19.0 Å². The van der Waals surface area contributed by atoms with Gasteiger partial charge in [-0.15, -0.1) is 0 Å². The average Bonchev–Trinajstić information content (AvgIpc) is 2.12. The van der Waals surface area contributed by atoms with Gasteiger partial charge in [-0.05, 0) is 13.3 Å². The van der Waals surface area contributed by atoms with E-state index >= 15 is 0 Å². The summed E-state index contributed by atoms with van der Waals surface area (Å²) in [4.78, 5) is 20.1. The molecule has 1 N–H and O–H groups in total. The lowest BCUT2D eigenvalue weighted by Crippen LogP contribution is -2.07. The molecule has 0 radical (unpaired) electrons. The fourth-order valence-electron chi connectivity index (χ4n) is 0.758. The second-order valence-electron chi connectivity index (χ2n) is 3.16. The molecule has 4 nitrogen and oxygen atoms in total. The molecule has 0 saturated carbocycles. The van der Waals surface area contributed by atoms with Crippen LogP contribution in [0.3, 0.4) is 0 Å². The van der Waals surface area contributed by atoms with E-state index in [0.717, 1.165) is 0 Å². The van der Waals surface area contributed by atoms with Gasteiger partial charge in [0.05, 0.1) is 6.61 Å². The Morgan fingerprint density at radius 2 is 2.14 bits per heavy atom. The second kappa shape index (κ2) is 5.99. The molecule has 0 aliphatic heterocycles. The topological polar surface area (TPSA) is 63.6 Å². The highest BCUT2D eigenvalue weighted by molar-refractivity contribution is 7.57. The van der Waals surface area contributed by atoms with E-state index < -0.39 is 13.3 Å². The molecule has 0 saturated heterocycles. The molecule has 0 amide bonds. The zero-order valence-electron chi connectivity index (χ0n) is 8.65. The summed E-state index contributed by atoms with van der Waals surface area (Å²) in [6.07, 6.45) is 0.884. The Morgan fingerprint density at radius 1 is 1.57 bits per heavy atom. The van der Waals surface area contributed by atoms with Crippen molar-refractivity contribution in [3.05, 3.63) is 12.2 Å². The van der Waals surface area contributed by atoms with E-state index in [1.165, 1.54) is 0 Å². The maximum absolute atomic E-state index is 11.2. The molecular weight excluding hydrogens is 203 g/mol. The Hall–Kier alpha value is -0.600. The highest BCUT2D eigenvalue weighted by Gasteiger charge is 2.14. The normalized spacial score (nSPS) is 14.5. The van der Waals surface area contributed by atoms with Crippen molar-refractivity contribution in [1.82, 2.24) is 0 Å². The van der Waals surface area contributed by atoms with Crippen LogP contribution in [0.15, 0.2) is 12.2 Å². The summed E-state index contributed by atoms with van der Waals surface area (Å²) >= 11 is 0. The van der Waals surface area contributed by atoms with Crippen LogP contribution in [0.2, 0.25) is 0 Å². The zero-order valence-corrected chi connectivity index (χ0v) is 9.55. The quantitative estimate of drug-likeness (QED) is 0.321.